The number of ether oxygens (including phenoxy) is 2. The Morgan fingerprint density at radius 1 is 1.31 bits per heavy atom. The summed E-state index contributed by atoms with van der Waals surface area (Å²) in [7, 11) is 1.52. The van der Waals surface area contributed by atoms with Crippen molar-refractivity contribution in [1.29, 1.82) is 0 Å². The van der Waals surface area contributed by atoms with Crippen LogP contribution in [0, 0.1) is 10.1 Å². The van der Waals surface area contributed by atoms with Gasteiger partial charge >= 0.3 is 0 Å². The van der Waals surface area contributed by atoms with E-state index in [1.165, 1.54) is 45.3 Å². The van der Waals surface area contributed by atoms with E-state index in [1.54, 1.807) is 17.8 Å². The number of nitrogens with one attached hydrogen (secondary N) is 1. The van der Waals surface area contributed by atoms with E-state index >= 15 is 0 Å². The van der Waals surface area contributed by atoms with Gasteiger partial charge in [0.05, 0.1) is 24.7 Å². The van der Waals surface area contributed by atoms with E-state index in [0.717, 1.165) is 0 Å². The predicted octanol–water partition coefficient (Wildman–Crippen LogP) is 3.40. The highest BCUT2D eigenvalue weighted by molar-refractivity contribution is 7.99. The molecular formula is C20H31N3O5S. The first-order chi connectivity index (χ1) is 14.0. The zero-order chi connectivity index (χ0) is 21.1. The van der Waals surface area contributed by atoms with E-state index in [0.29, 0.717) is 54.0 Å². The standard InChI is InChI=1S/C20H31N3O5S/c1-27-18-12-15(14-29-16-6-3-2-4-7-16)17(23(25)26)13-19(18)28-11-5-8-20(24)22-10-9-21/h12-13,16H,2-11,14,21H2,1H3,(H,22,24). The van der Waals surface area contributed by atoms with Crippen molar-refractivity contribution in [2.75, 3.05) is 26.8 Å². The van der Waals surface area contributed by atoms with E-state index < -0.39 is 0 Å². The largest absolute Gasteiger partial charge is 0.493 e. The van der Waals surface area contributed by atoms with Crippen LogP contribution in [0.25, 0.3) is 0 Å². The molecule has 0 saturated heterocycles. The van der Waals surface area contributed by atoms with Crippen molar-refractivity contribution in [2.24, 2.45) is 5.73 Å². The summed E-state index contributed by atoms with van der Waals surface area (Å²) in [5, 5.41) is 14.8. The first-order valence-corrected chi connectivity index (χ1v) is 11.2. The number of nitro groups is 1. The third-order valence-electron chi connectivity index (χ3n) is 4.86. The van der Waals surface area contributed by atoms with Crippen molar-refractivity contribution >= 4 is 23.4 Å². The van der Waals surface area contributed by atoms with Crippen molar-refractivity contribution < 1.29 is 19.2 Å². The monoisotopic (exact) mass is 425 g/mol. The lowest BCUT2D eigenvalue weighted by atomic mass is 10.0. The minimum Gasteiger partial charge on any atom is -0.493 e. The molecule has 0 unspecified atom stereocenters. The van der Waals surface area contributed by atoms with Gasteiger partial charge in [0.2, 0.25) is 5.91 Å². The molecule has 1 saturated carbocycles. The number of carbonyl (C=O) groups excluding carboxylic acids is 1. The number of thioether (sulfide) groups is 1. The molecule has 2 rings (SSSR count). The molecule has 0 bridgehead atoms. The van der Waals surface area contributed by atoms with Crippen LogP contribution in [0.4, 0.5) is 5.69 Å². The molecule has 9 heteroatoms. The van der Waals surface area contributed by atoms with Gasteiger partial charge in [-0.3, -0.25) is 14.9 Å². The van der Waals surface area contributed by atoms with Gasteiger partial charge < -0.3 is 20.5 Å². The highest BCUT2D eigenvalue weighted by Gasteiger charge is 2.22. The van der Waals surface area contributed by atoms with Crippen LogP contribution in [0.5, 0.6) is 11.5 Å². The first kappa shape index (κ1) is 23.3. The Hall–Kier alpha value is -2.00. The van der Waals surface area contributed by atoms with Crippen molar-refractivity contribution in [1.82, 2.24) is 5.32 Å². The maximum absolute atomic E-state index is 11.6. The number of rotatable bonds is 12. The van der Waals surface area contributed by atoms with Gasteiger partial charge in [-0.15, -0.1) is 0 Å². The summed E-state index contributed by atoms with van der Waals surface area (Å²) in [6.45, 7) is 1.11. The number of benzene rings is 1. The zero-order valence-corrected chi connectivity index (χ0v) is 17.8. The fourth-order valence-electron chi connectivity index (χ4n) is 3.30. The summed E-state index contributed by atoms with van der Waals surface area (Å²) in [6, 6.07) is 3.14. The van der Waals surface area contributed by atoms with Crippen LogP contribution in [0.3, 0.4) is 0 Å². The molecule has 29 heavy (non-hydrogen) atoms. The normalized spacial score (nSPS) is 14.4. The van der Waals surface area contributed by atoms with Crippen molar-refractivity contribution in [3.05, 3.63) is 27.8 Å². The number of methoxy groups -OCH3 is 1. The summed E-state index contributed by atoms with van der Waals surface area (Å²) < 4.78 is 11.1. The average Bonchev–Trinajstić information content (AvgIpc) is 2.74. The molecule has 3 N–H and O–H groups in total. The molecule has 1 aliphatic rings. The number of nitrogens with two attached hydrogens (primary N) is 1. The van der Waals surface area contributed by atoms with Gasteiger partial charge in [0.15, 0.2) is 11.5 Å². The molecule has 0 atom stereocenters. The van der Waals surface area contributed by atoms with Gasteiger partial charge in [-0.25, -0.2) is 0 Å². The van der Waals surface area contributed by atoms with Crippen molar-refractivity contribution in [3.8, 4) is 11.5 Å². The van der Waals surface area contributed by atoms with Crippen molar-refractivity contribution in [3.63, 3.8) is 0 Å². The zero-order valence-electron chi connectivity index (χ0n) is 17.0. The van der Waals surface area contributed by atoms with Crippen LogP contribution in [0.15, 0.2) is 12.1 Å². The van der Waals surface area contributed by atoms with E-state index in [2.05, 4.69) is 5.32 Å². The minimum atomic E-state index is -0.372. The van der Waals surface area contributed by atoms with E-state index in [1.807, 2.05) is 0 Å². The molecular weight excluding hydrogens is 394 g/mol. The molecule has 0 aromatic heterocycles. The summed E-state index contributed by atoms with van der Waals surface area (Å²) in [4.78, 5) is 22.8. The number of nitrogens with zero attached hydrogens (tertiary/aromatic N) is 1. The maximum atomic E-state index is 11.6. The highest BCUT2D eigenvalue weighted by atomic mass is 32.2. The maximum Gasteiger partial charge on any atom is 0.277 e. The van der Waals surface area contributed by atoms with Crippen LogP contribution in [0.2, 0.25) is 0 Å². The third-order valence-corrected chi connectivity index (χ3v) is 6.28. The Morgan fingerprint density at radius 2 is 2.07 bits per heavy atom. The van der Waals surface area contributed by atoms with Crippen LogP contribution in [-0.2, 0) is 10.5 Å². The Kier molecular flexibility index (Phi) is 10.1. The highest BCUT2D eigenvalue weighted by Crippen LogP contribution is 2.38. The molecule has 0 aliphatic heterocycles. The predicted molar refractivity (Wildman–Crippen MR) is 115 cm³/mol. The number of hydrogen-bond donors (Lipinski definition) is 2. The molecule has 1 aromatic carbocycles. The molecule has 162 valence electrons. The summed E-state index contributed by atoms with van der Waals surface area (Å²) in [5.74, 6) is 1.29. The van der Waals surface area contributed by atoms with Gasteiger partial charge in [0.25, 0.3) is 5.69 Å². The second-order valence-corrected chi connectivity index (χ2v) is 8.34. The molecule has 0 spiro atoms. The minimum absolute atomic E-state index is 0.0461. The smallest absolute Gasteiger partial charge is 0.277 e. The second-order valence-electron chi connectivity index (χ2n) is 7.05. The third kappa shape index (κ3) is 7.74. The Labute approximate surface area is 176 Å². The van der Waals surface area contributed by atoms with Gasteiger partial charge in [-0.2, -0.15) is 11.8 Å². The molecule has 1 aromatic rings. The number of amides is 1. The van der Waals surface area contributed by atoms with Gasteiger partial charge in [0.1, 0.15) is 0 Å². The van der Waals surface area contributed by atoms with Crippen LogP contribution >= 0.6 is 11.8 Å². The quantitative estimate of drug-likeness (QED) is 0.299. The van der Waals surface area contributed by atoms with Gasteiger partial charge in [-0.05, 0) is 25.3 Å². The van der Waals surface area contributed by atoms with E-state index in [9.17, 15) is 14.9 Å². The number of carbonyl (C=O) groups is 1. The lowest BCUT2D eigenvalue weighted by Gasteiger charge is -2.21. The summed E-state index contributed by atoms with van der Waals surface area (Å²) in [6.07, 6.45) is 6.91. The van der Waals surface area contributed by atoms with Gasteiger partial charge in [0, 0.05) is 36.1 Å². The van der Waals surface area contributed by atoms with Gasteiger partial charge in [-0.1, -0.05) is 19.3 Å². The summed E-state index contributed by atoms with van der Waals surface area (Å²) >= 11 is 1.78. The van der Waals surface area contributed by atoms with E-state index in [4.69, 9.17) is 15.2 Å². The molecule has 1 fully saturated rings. The lowest BCUT2D eigenvalue weighted by molar-refractivity contribution is -0.385. The van der Waals surface area contributed by atoms with Crippen molar-refractivity contribution in [2.45, 2.75) is 55.9 Å². The Morgan fingerprint density at radius 3 is 2.72 bits per heavy atom. The van der Waals surface area contributed by atoms with Crippen LogP contribution in [-0.4, -0.2) is 42.9 Å². The Bertz CT molecular complexity index is 680. The lowest BCUT2D eigenvalue weighted by Crippen LogP contribution is -2.29. The molecule has 8 nitrogen and oxygen atoms in total. The molecule has 1 aliphatic carbocycles. The molecule has 0 heterocycles. The molecule has 0 radical (unpaired) electrons. The first-order valence-electron chi connectivity index (χ1n) is 10.1. The summed E-state index contributed by atoms with van der Waals surface area (Å²) in [5.41, 5.74) is 6.04. The van der Waals surface area contributed by atoms with Crippen LogP contribution in [0.1, 0.15) is 50.5 Å². The van der Waals surface area contributed by atoms with Crippen LogP contribution < -0.4 is 20.5 Å². The topological polar surface area (TPSA) is 117 Å². The fraction of sp³-hybridized carbons (Fsp3) is 0.650. The SMILES string of the molecule is COc1cc(CSC2CCCCC2)c([N+](=O)[O-])cc1OCCCC(=O)NCCN. The fourth-order valence-corrected chi connectivity index (χ4v) is 4.62. The average molecular weight is 426 g/mol. The Balaban J connectivity index is 1.98. The number of hydrogen-bond acceptors (Lipinski definition) is 7. The number of nitro benzene ring substituents is 1. The second kappa shape index (κ2) is 12.5. The molecule has 1 amide bonds. The van der Waals surface area contributed by atoms with E-state index in [-0.39, 0.29) is 23.1 Å².